The zero-order valence-corrected chi connectivity index (χ0v) is 12.8. The van der Waals surface area contributed by atoms with E-state index in [0.29, 0.717) is 10.9 Å². The molecule has 0 unspecified atom stereocenters. The van der Waals surface area contributed by atoms with Crippen LogP contribution in [0.1, 0.15) is 24.6 Å². The highest BCUT2D eigenvalue weighted by Crippen LogP contribution is 2.31. The fourth-order valence-electron chi connectivity index (χ4n) is 3.13. The number of piperidine rings is 1. The zero-order valence-electron chi connectivity index (χ0n) is 12.0. The number of imidazole rings is 1. The van der Waals surface area contributed by atoms with Gasteiger partial charge in [-0.2, -0.15) is 0 Å². The van der Waals surface area contributed by atoms with E-state index in [2.05, 4.69) is 24.8 Å². The molecule has 0 saturated carbocycles. The number of anilines is 1. The molecule has 1 aromatic carbocycles. The third-order valence-electron chi connectivity index (χ3n) is 4.28. The highest BCUT2D eigenvalue weighted by Gasteiger charge is 2.24. The normalized spacial score (nSPS) is 16.3. The molecule has 22 heavy (non-hydrogen) atoms. The Morgan fingerprint density at radius 3 is 2.77 bits per heavy atom. The number of halogens is 1. The molecule has 0 radical (unpaired) electrons. The molecule has 0 aliphatic carbocycles. The number of hydrogen-bond donors (Lipinski definition) is 1. The Kier molecular flexibility index (Phi) is 3.42. The lowest BCUT2D eigenvalue weighted by Gasteiger charge is -2.32. The third kappa shape index (κ3) is 2.41. The van der Waals surface area contributed by atoms with Gasteiger partial charge in [0.15, 0.2) is 0 Å². The van der Waals surface area contributed by atoms with E-state index in [4.69, 9.17) is 11.6 Å². The van der Waals surface area contributed by atoms with Crippen LogP contribution in [0.4, 0.5) is 5.82 Å². The number of hydrogen-bond acceptors (Lipinski definition) is 4. The average Bonchev–Trinajstić information content (AvgIpc) is 3.09. The summed E-state index contributed by atoms with van der Waals surface area (Å²) in [7, 11) is 0. The second-order valence-electron chi connectivity index (χ2n) is 5.59. The van der Waals surface area contributed by atoms with Gasteiger partial charge in [0.2, 0.25) is 0 Å². The molecule has 0 atom stereocenters. The van der Waals surface area contributed by atoms with Crippen LogP contribution in [-0.2, 0) is 0 Å². The Balaban J connectivity index is 1.59. The van der Waals surface area contributed by atoms with Crippen molar-refractivity contribution in [2.45, 2.75) is 18.8 Å². The Hall–Kier alpha value is -2.14. The first kappa shape index (κ1) is 13.5. The van der Waals surface area contributed by atoms with Crippen molar-refractivity contribution in [3.8, 4) is 0 Å². The van der Waals surface area contributed by atoms with E-state index in [9.17, 15) is 0 Å². The lowest BCUT2D eigenvalue weighted by atomic mass is 9.96. The maximum absolute atomic E-state index is 6.05. The minimum Gasteiger partial charge on any atom is -0.356 e. The van der Waals surface area contributed by atoms with Gasteiger partial charge in [-0.15, -0.1) is 0 Å². The van der Waals surface area contributed by atoms with Crippen LogP contribution in [0.2, 0.25) is 5.02 Å². The summed E-state index contributed by atoms with van der Waals surface area (Å²) in [6.07, 6.45) is 7.48. The van der Waals surface area contributed by atoms with E-state index >= 15 is 0 Å². The molecule has 3 aromatic rings. The number of H-pyrrole nitrogens is 1. The monoisotopic (exact) mass is 313 g/mol. The lowest BCUT2D eigenvalue weighted by molar-refractivity contribution is 0.487. The second kappa shape index (κ2) is 5.57. The Morgan fingerprint density at radius 2 is 2.00 bits per heavy atom. The number of rotatable bonds is 2. The fourth-order valence-corrected chi connectivity index (χ4v) is 3.30. The van der Waals surface area contributed by atoms with Crippen molar-refractivity contribution in [1.82, 2.24) is 19.9 Å². The van der Waals surface area contributed by atoms with Gasteiger partial charge < -0.3 is 9.88 Å². The summed E-state index contributed by atoms with van der Waals surface area (Å²) < 4.78 is 0. The molecule has 6 heteroatoms. The van der Waals surface area contributed by atoms with Crippen molar-refractivity contribution in [3.05, 3.63) is 47.8 Å². The summed E-state index contributed by atoms with van der Waals surface area (Å²) in [5.41, 5.74) is 0.894. The van der Waals surface area contributed by atoms with E-state index in [-0.39, 0.29) is 0 Å². The molecular formula is C16H16ClN5. The molecule has 3 heterocycles. The standard InChI is InChI=1S/C16H16ClN5/c17-12-1-2-13-14(9-12)20-10-21-16(13)22-7-3-11(4-8-22)15-18-5-6-19-15/h1-2,5-6,9-11H,3-4,7-8H2,(H,18,19). The molecule has 1 N–H and O–H groups in total. The largest absolute Gasteiger partial charge is 0.356 e. The van der Waals surface area contributed by atoms with Crippen LogP contribution in [0, 0.1) is 0 Å². The highest BCUT2D eigenvalue weighted by atomic mass is 35.5. The van der Waals surface area contributed by atoms with Gasteiger partial charge in [-0.05, 0) is 31.0 Å². The van der Waals surface area contributed by atoms with Gasteiger partial charge in [0.05, 0.1) is 5.52 Å². The second-order valence-corrected chi connectivity index (χ2v) is 6.03. The van der Waals surface area contributed by atoms with Crippen LogP contribution in [0.3, 0.4) is 0 Å². The van der Waals surface area contributed by atoms with Crippen LogP contribution in [-0.4, -0.2) is 33.0 Å². The lowest BCUT2D eigenvalue weighted by Crippen LogP contribution is -2.34. The number of nitrogens with zero attached hydrogens (tertiary/aromatic N) is 4. The van der Waals surface area contributed by atoms with Gasteiger partial charge in [-0.25, -0.2) is 15.0 Å². The molecule has 4 rings (SSSR count). The minimum atomic E-state index is 0.508. The summed E-state index contributed by atoms with van der Waals surface area (Å²) in [4.78, 5) is 18.8. The Labute approximate surface area is 133 Å². The summed E-state index contributed by atoms with van der Waals surface area (Å²) in [6.45, 7) is 1.94. The quantitative estimate of drug-likeness (QED) is 0.788. The van der Waals surface area contributed by atoms with Crippen LogP contribution in [0.25, 0.3) is 10.9 Å². The molecule has 1 saturated heterocycles. The van der Waals surface area contributed by atoms with E-state index < -0.39 is 0 Å². The summed E-state index contributed by atoms with van der Waals surface area (Å²) in [5, 5.41) is 1.76. The molecular weight excluding hydrogens is 298 g/mol. The van der Waals surface area contributed by atoms with Gasteiger partial charge in [0, 0.05) is 41.8 Å². The Bertz CT molecular complexity index is 778. The van der Waals surface area contributed by atoms with Crippen LogP contribution >= 0.6 is 11.6 Å². The maximum Gasteiger partial charge on any atom is 0.139 e. The van der Waals surface area contributed by atoms with Gasteiger partial charge >= 0.3 is 0 Å². The maximum atomic E-state index is 6.05. The summed E-state index contributed by atoms with van der Waals surface area (Å²) >= 11 is 6.05. The van der Waals surface area contributed by atoms with Crippen molar-refractivity contribution in [2.24, 2.45) is 0 Å². The van der Waals surface area contributed by atoms with Gasteiger partial charge in [-0.3, -0.25) is 0 Å². The smallest absolute Gasteiger partial charge is 0.139 e. The fraction of sp³-hybridized carbons (Fsp3) is 0.312. The molecule has 5 nitrogen and oxygen atoms in total. The minimum absolute atomic E-state index is 0.508. The molecule has 1 aliphatic rings. The van der Waals surface area contributed by atoms with Crippen LogP contribution in [0.15, 0.2) is 36.9 Å². The molecule has 0 bridgehead atoms. The predicted octanol–water partition coefficient (Wildman–Crippen LogP) is 3.39. The topological polar surface area (TPSA) is 57.7 Å². The first-order valence-electron chi connectivity index (χ1n) is 7.46. The van der Waals surface area contributed by atoms with Crippen LogP contribution < -0.4 is 4.90 Å². The molecule has 1 fully saturated rings. The Morgan fingerprint density at radius 1 is 1.14 bits per heavy atom. The zero-order chi connectivity index (χ0) is 14.9. The van der Waals surface area contributed by atoms with Gasteiger partial charge in [-0.1, -0.05) is 11.6 Å². The molecule has 0 spiro atoms. The van der Waals surface area contributed by atoms with Gasteiger partial charge in [0.1, 0.15) is 18.0 Å². The number of benzene rings is 1. The number of fused-ring (bicyclic) bond motifs is 1. The molecule has 112 valence electrons. The number of aromatic nitrogens is 4. The summed E-state index contributed by atoms with van der Waals surface area (Å²) in [6, 6.07) is 5.79. The van der Waals surface area contributed by atoms with Crippen molar-refractivity contribution in [1.29, 1.82) is 0 Å². The van der Waals surface area contributed by atoms with Gasteiger partial charge in [0.25, 0.3) is 0 Å². The van der Waals surface area contributed by atoms with Crippen LogP contribution in [0.5, 0.6) is 0 Å². The average molecular weight is 314 g/mol. The first-order valence-corrected chi connectivity index (χ1v) is 7.83. The van der Waals surface area contributed by atoms with Crippen molar-refractivity contribution < 1.29 is 0 Å². The van der Waals surface area contributed by atoms with Crippen molar-refractivity contribution >= 4 is 28.3 Å². The molecule has 1 aliphatic heterocycles. The summed E-state index contributed by atoms with van der Waals surface area (Å²) in [5.74, 6) is 2.60. The first-order chi connectivity index (χ1) is 10.8. The highest BCUT2D eigenvalue weighted by molar-refractivity contribution is 6.31. The molecule has 0 amide bonds. The van der Waals surface area contributed by atoms with Crippen molar-refractivity contribution in [2.75, 3.05) is 18.0 Å². The predicted molar refractivity (Wildman–Crippen MR) is 87.3 cm³/mol. The molecule has 2 aromatic heterocycles. The third-order valence-corrected chi connectivity index (χ3v) is 4.51. The van der Waals surface area contributed by atoms with E-state index in [1.54, 1.807) is 6.33 Å². The number of nitrogens with one attached hydrogen (secondary N) is 1. The SMILES string of the molecule is Clc1ccc2c(N3CCC(c4ncc[nH]4)CC3)ncnc2c1. The van der Waals surface area contributed by atoms with E-state index in [1.165, 1.54) is 0 Å². The van der Waals surface area contributed by atoms with E-state index in [0.717, 1.165) is 48.5 Å². The number of aromatic amines is 1. The van der Waals surface area contributed by atoms with Crippen molar-refractivity contribution in [3.63, 3.8) is 0 Å². The van der Waals surface area contributed by atoms with E-state index in [1.807, 2.05) is 30.6 Å².